The van der Waals surface area contributed by atoms with Gasteiger partial charge in [0.1, 0.15) is 5.75 Å². The average Bonchev–Trinajstić information content (AvgIpc) is 2.55. The molecule has 2 rings (SSSR count). The zero-order chi connectivity index (χ0) is 15.3. The van der Waals surface area contributed by atoms with Crippen LogP contribution in [0.4, 0.5) is 5.69 Å². The van der Waals surface area contributed by atoms with Gasteiger partial charge in [0.15, 0.2) is 0 Å². The second-order valence-electron chi connectivity index (χ2n) is 5.64. The number of methoxy groups -OCH3 is 1. The van der Waals surface area contributed by atoms with E-state index in [0.717, 1.165) is 23.5 Å². The number of hydrogen-bond donors (Lipinski definition) is 1. The van der Waals surface area contributed by atoms with Gasteiger partial charge in [-0.3, -0.25) is 0 Å². The number of aliphatic hydroxyl groups is 1. The Balaban J connectivity index is 2.21. The number of nitrogens with zero attached hydrogens (tertiary/aromatic N) is 1. The predicted molar refractivity (Wildman–Crippen MR) is 87.1 cm³/mol. The van der Waals surface area contributed by atoms with E-state index in [1.807, 2.05) is 49.5 Å². The summed E-state index contributed by atoms with van der Waals surface area (Å²) in [6.45, 7) is 2.91. The van der Waals surface area contributed by atoms with E-state index in [1.54, 1.807) is 7.11 Å². The molecular weight excluding hydrogens is 262 g/mol. The van der Waals surface area contributed by atoms with Crippen molar-refractivity contribution >= 4 is 5.69 Å². The summed E-state index contributed by atoms with van der Waals surface area (Å²) in [5.74, 6) is 0.838. The molecule has 0 spiro atoms. The molecule has 0 aliphatic carbocycles. The van der Waals surface area contributed by atoms with Crippen LogP contribution in [0.5, 0.6) is 5.75 Å². The summed E-state index contributed by atoms with van der Waals surface area (Å²) in [6, 6.07) is 18.1. The Bertz CT molecular complexity index is 570. The van der Waals surface area contributed by atoms with E-state index >= 15 is 0 Å². The van der Waals surface area contributed by atoms with Crippen LogP contribution >= 0.6 is 0 Å². The van der Waals surface area contributed by atoms with Gasteiger partial charge in [-0.05, 0) is 17.7 Å². The van der Waals surface area contributed by atoms with E-state index in [2.05, 4.69) is 24.0 Å². The van der Waals surface area contributed by atoms with Gasteiger partial charge in [-0.1, -0.05) is 43.3 Å². The maximum atomic E-state index is 9.88. The lowest BCUT2D eigenvalue weighted by atomic mass is 9.82. The summed E-state index contributed by atoms with van der Waals surface area (Å²) >= 11 is 0. The Morgan fingerprint density at radius 3 is 2.43 bits per heavy atom. The van der Waals surface area contributed by atoms with E-state index in [0.29, 0.717) is 0 Å². The molecule has 0 amide bonds. The van der Waals surface area contributed by atoms with Crippen molar-refractivity contribution in [3.63, 3.8) is 0 Å². The third kappa shape index (κ3) is 3.56. The number of hydrogen-bond acceptors (Lipinski definition) is 3. The normalized spacial score (nSPS) is 13.5. The number of anilines is 1. The Morgan fingerprint density at radius 2 is 1.81 bits per heavy atom. The SMILES string of the molecule is COc1cccc(N(C)CC(C)(CO)c2ccccc2)c1. The summed E-state index contributed by atoms with van der Waals surface area (Å²) < 4.78 is 5.27. The zero-order valence-electron chi connectivity index (χ0n) is 12.9. The largest absolute Gasteiger partial charge is 0.497 e. The van der Waals surface area contributed by atoms with Gasteiger partial charge in [-0.15, -0.1) is 0 Å². The number of ether oxygens (including phenoxy) is 1. The molecule has 0 heterocycles. The summed E-state index contributed by atoms with van der Waals surface area (Å²) in [5.41, 5.74) is 1.91. The summed E-state index contributed by atoms with van der Waals surface area (Å²) in [5, 5.41) is 9.88. The minimum atomic E-state index is -0.306. The molecule has 2 aromatic carbocycles. The first-order chi connectivity index (χ1) is 10.1. The molecule has 0 saturated carbocycles. The highest BCUT2D eigenvalue weighted by molar-refractivity contribution is 5.51. The molecule has 0 aliphatic rings. The summed E-state index contributed by atoms with van der Waals surface area (Å²) in [4.78, 5) is 2.14. The summed E-state index contributed by atoms with van der Waals surface area (Å²) in [6.07, 6.45) is 0. The molecule has 1 atom stereocenters. The van der Waals surface area contributed by atoms with E-state index in [-0.39, 0.29) is 12.0 Å². The minimum absolute atomic E-state index is 0.103. The van der Waals surface area contributed by atoms with Crippen LogP contribution in [0.25, 0.3) is 0 Å². The van der Waals surface area contributed by atoms with E-state index in [4.69, 9.17) is 4.74 Å². The number of likely N-dealkylation sites (N-methyl/N-ethyl adjacent to an activating group) is 1. The molecule has 0 radical (unpaired) electrons. The lowest BCUT2D eigenvalue weighted by Gasteiger charge is -2.34. The minimum Gasteiger partial charge on any atom is -0.497 e. The molecule has 0 saturated heterocycles. The van der Waals surface area contributed by atoms with Gasteiger partial charge >= 0.3 is 0 Å². The van der Waals surface area contributed by atoms with Crippen LogP contribution in [0.15, 0.2) is 54.6 Å². The Morgan fingerprint density at radius 1 is 1.10 bits per heavy atom. The van der Waals surface area contributed by atoms with E-state index < -0.39 is 0 Å². The second kappa shape index (κ2) is 6.64. The second-order valence-corrected chi connectivity index (χ2v) is 5.64. The standard InChI is InChI=1S/C18H23NO2/c1-18(14-20,15-8-5-4-6-9-15)13-19(2)16-10-7-11-17(12-16)21-3/h4-12,20H,13-14H2,1-3H3. The van der Waals surface area contributed by atoms with Crippen molar-refractivity contribution < 1.29 is 9.84 Å². The summed E-state index contributed by atoms with van der Waals surface area (Å²) in [7, 11) is 3.70. The predicted octanol–water partition coefficient (Wildman–Crippen LogP) is 3.08. The highest BCUT2D eigenvalue weighted by atomic mass is 16.5. The third-order valence-corrected chi connectivity index (χ3v) is 3.90. The van der Waals surface area contributed by atoms with Crippen molar-refractivity contribution in [2.45, 2.75) is 12.3 Å². The van der Waals surface area contributed by atoms with Crippen molar-refractivity contribution in [2.75, 3.05) is 32.2 Å². The fourth-order valence-corrected chi connectivity index (χ4v) is 2.54. The topological polar surface area (TPSA) is 32.7 Å². The molecule has 0 aliphatic heterocycles. The van der Waals surface area contributed by atoms with Crippen molar-refractivity contribution in [1.82, 2.24) is 0 Å². The maximum absolute atomic E-state index is 9.88. The highest BCUT2D eigenvalue weighted by Crippen LogP contribution is 2.27. The van der Waals surface area contributed by atoms with Crippen LogP contribution in [0, 0.1) is 0 Å². The first kappa shape index (κ1) is 15.4. The molecule has 0 fully saturated rings. The van der Waals surface area contributed by atoms with Gasteiger partial charge < -0.3 is 14.7 Å². The number of aliphatic hydroxyl groups excluding tert-OH is 1. The van der Waals surface area contributed by atoms with Gasteiger partial charge in [0, 0.05) is 30.8 Å². The molecule has 0 aromatic heterocycles. The van der Waals surface area contributed by atoms with Crippen LogP contribution in [0.2, 0.25) is 0 Å². The van der Waals surface area contributed by atoms with Crippen molar-refractivity contribution in [2.24, 2.45) is 0 Å². The van der Waals surface area contributed by atoms with Crippen LogP contribution < -0.4 is 9.64 Å². The quantitative estimate of drug-likeness (QED) is 0.885. The van der Waals surface area contributed by atoms with E-state index in [9.17, 15) is 5.11 Å². The molecule has 3 heteroatoms. The molecule has 1 N–H and O–H groups in total. The van der Waals surface area contributed by atoms with Gasteiger partial charge in [0.25, 0.3) is 0 Å². The molecule has 21 heavy (non-hydrogen) atoms. The lowest BCUT2D eigenvalue weighted by Crippen LogP contribution is -2.39. The highest BCUT2D eigenvalue weighted by Gasteiger charge is 2.27. The maximum Gasteiger partial charge on any atom is 0.120 e. The van der Waals surface area contributed by atoms with Crippen LogP contribution in [-0.2, 0) is 5.41 Å². The zero-order valence-corrected chi connectivity index (χ0v) is 12.9. The van der Waals surface area contributed by atoms with Crippen LogP contribution in [0.1, 0.15) is 12.5 Å². The van der Waals surface area contributed by atoms with Gasteiger partial charge in [-0.2, -0.15) is 0 Å². The number of benzene rings is 2. The molecule has 112 valence electrons. The molecule has 2 aromatic rings. The Labute approximate surface area is 126 Å². The molecule has 1 unspecified atom stereocenters. The molecule has 0 bridgehead atoms. The van der Waals surface area contributed by atoms with Crippen LogP contribution in [0.3, 0.4) is 0 Å². The monoisotopic (exact) mass is 285 g/mol. The van der Waals surface area contributed by atoms with Crippen molar-refractivity contribution in [1.29, 1.82) is 0 Å². The average molecular weight is 285 g/mol. The van der Waals surface area contributed by atoms with Crippen LogP contribution in [-0.4, -0.2) is 32.4 Å². The van der Waals surface area contributed by atoms with Gasteiger partial charge in [0.05, 0.1) is 13.7 Å². The van der Waals surface area contributed by atoms with Crippen molar-refractivity contribution in [3.05, 3.63) is 60.2 Å². The Kier molecular flexibility index (Phi) is 4.86. The first-order valence-electron chi connectivity index (χ1n) is 7.10. The van der Waals surface area contributed by atoms with Crippen molar-refractivity contribution in [3.8, 4) is 5.75 Å². The molecular formula is C18H23NO2. The number of rotatable bonds is 6. The first-order valence-corrected chi connectivity index (χ1v) is 7.10. The molecule has 3 nitrogen and oxygen atoms in total. The fraction of sp³-hybridized carbons (Fsp3) is 0.333. The fourth-order valence-electron chi connectivity index (χ4n) is 2.54. The smallest absolute Gasteiger partial charge is 0.120 e. The Hall–Kier alpha value is -2.00. The lowest BCUT2D eigenvalue weighted by molar-refractivity contribution is 0.209. The van der Waals surface area contributed by atoms with E-state index in [1.165, 1.54) is 0 Å². The third-order valence-electron chi connectivity index (χ3n) is 3.90. The van der Waals surface area contributed by atoms with Gasteiger partial charge in [-0.25, -0.2) is 0 Å². The van der Waals surface area contributed by atoms with Gasteiger partial charge in [0.2, 0.25) is 0 Å².